The molecule has 0 aliphatic rings. The second kappa shape index (κ2) is 8.75. The molecule has 0 spiro atoms. The van der Waals surface area contributed by atoms with Crippen molar-refractivity contribution in [3.05, 3.63) is 0 Å². The molecule has 3 atom stereocenters. The number of carboxylic acids is 1. The van der Waals surface area contributed by atoms with Gasteiger partial charge in [0.05, 0.1) is 6.42 Å². The molecule has 22 heavy (non-hydrogen) atoms. The summed E-state index contributed by atoms with van der Waals surface area (Å²) in [6.45, 7) is 4.39. The highest BCUT2D eigenvalue weighted by molar-refractivity contribution is 5.88. The van der Waals surface area contributed by atoms with E-state index in [1.54, 1.807) is 0 Å². The van der Waals surface area contributed by atoms with Gasteiger partial charge in [0.15, 0.2) is 6.10 Å². The fourth-order valence-corrected chi connectivity index (χ4v) is 1.69. The Morgan fingerprint density at radius 1 is 0.909 bits per heavy atom. The lowest BCUT2D eigenvalue weighted by molar-refractivity contribution is -0.187. The number of carboxylic acid groups (broad SMARTS) is 1. The Balaban J connectivity index is 5.45. The minimum atomic E-state index is -1.74. The van der Waals surface area contributed by atoms with Crippen LogP contribution in [0, 0.1) is 5.92 Å². The molecule has 0 rings (SSSR count). The quantitative estimate of drug-likeness (QED) is 0.392. The van der Waals surface area contributed by atoms with Gasteiger partial charge in [0.2, 0.25) is 6.10 Å². The Hall–Kier alpha value is -2.45. The molecule has 0 aromatic rings. The van der Waals surface area contributed by atoms with E-state index in [-0.39, 0.29) is 0 Å². The van der Waals surface area contributed by atoms with Gasteiger partial charge in [-0.2, -0.15) is 0 Å². The second-order valence-corrected chi connectivity index (χ2v) is 4.59. The third kappa shape index (κ3) is 7.36. The molecule has 0 saturated heterocycles. The zero-order valence-corrected chi connectivity index (χ0v) is 12.7. The number of esters is 4. The fraction of sp³-hybridized carbons (Fsp3) is 0.615. The van der Waals surface area contributed by atoms with Gasteiger partial charge in [0.1, 0.15) is 0 Å². The van der Waals surface area contributed by atoms with Crippen molar-refractivity contribution in [3.8, 4) is 0 Å². The molecular formula is C13H18O9. The summed E-state index contributed by atoms with van der Waals surface area (Å²) >= 11 is 0. The number of carbonyl (C=O) groups excluding carboxylic acids is 4. The zero-order valence-electron chi connectivity index (χ0n) is 12.7. The van der Waals surface area contributed by atoms with Crippen molar-refractivity contribution < 1.29 is 43.3 Å². The summed E-state index contributed by atoms with van der Waals surface area (Å²) in [5.41, 5.74) is 0. The van der Waals surface area contributed by atoms with Crippen LogP contribution in [0.3, 0.4) is 0 Å². The standard InChI is InChI=1S/C13H18O9/c1-6(5-10(17)18)11(20-7(2)14)12(21-8(3)15)13(19)22-9(4)16/h6,11-12H,5H2,1-4H3,(H,17,18). The van der Waals surface area contributed by atoms with E-state index in [0.717, 1.165) is 20.8 Å². The van der Waals surface area contributed by atoms with Crippen LogP contribution in [0.25, 0.3) is 0 Å². The summed E-state index contributed by atoms with van der Waals surface area (Å²) in [6.07, 6.45) is -3.59. The van der Waals surface area contributed by atoms with Crippen molar-refractivity contribution in [2.24, 2.45) is 5.92 Å². The highest BCUT2D eigenvalue weighted by Gasteiger charge is 2.40. The third-order valence-electron chi connectivity index (χ3n) is 2.43. The summed E-state index contributed by atoms with van der Waals surface area (Å²) in [6, 6.07) is 0. The lowest BCUT2D eigenvalue weighted by atomic mass is 9.96. The van der Waals surface area contributed by atoms with Crippen LogP contribution in [-0.4, -0.2) is 47.2 Å². The first-order valence-corrected chi connectivity index (χ1v) is 6.33. The van der Waals surface area contributed by atoms with Gasteiger partial charge < -0.3 is 19.3 Å². The minimum absolute atomic E-state index is 0.455. The monoisotopic (exact) mass is 318 g/mol. The SMILES string of the molecule is CC(=O)OC(=O)C(OC(C)=O)C(OC(C)=O)C(C)CC(=O)O. The zero-order chi connectivity index (χ0) is 17.4. The maximum Gasteiger partial charge on any atom is 0.359 e. The molecule has 124 valence electrons. The molecule has 0 amide bonds. The van der Waals surface area contributed by atoms with Gasteiger partial charge in [-0.05, 0) is 0 Å². The van der Waals surface area contributed by atoms with E-state index in [1.807, 2.05) is 0 Å². The molecule has 0 aliphatic heterocycles. The van der Waals surface area contributed by atoms with Crippen molar-refractivity contribution in [3.63, 3.8) is 0 Å². The predicted octanol–water partition coefficient (Wildman–Crippen LogP) is 0.0503. The molecule has 0 heterocycles. The summed E-state index contributed by atoms with van der Waals surface area (Å²) in [4.78, 5) is 55.7. The van der Waals surface area contributed by atoms with Gasteiger partial charge in [-0.3, -0.25) is 19.2 Å². The van der Waals surface area contributed by atoms with Gasteiger partial charge in [-0.25, -0.2) is 4.79 Å². The van der Waals surface area contributed by atoms with Crippen molar-refractivity contribution in [1.29, 1.82) is 0 Å². The molecule has 1 N–H and O–H groups in total. The van der Waals surface area contributed by atoms with Gasteiger partial charge >= 0.3 is 29.8 Å². The summed E-state index contributed by atoms with van der Waals surface area (Å²) < 4.78 is 14.0. The van der Waals surface area contributed by atoms with Crippen molar-refractivity contribution in [2.75, 3.05) is 0 Å². The Kier molecular flexibility index (Phi) is 7.78. The highest BCUT2D eigenvalue weighted by atomic mass is 16.6. The Labute approximate surface area is 126 Å². The number of aliphatic carboxylic acids is 1. The maximum absolute atomic E-state index is 11.8. The van der Waals surface area contributed by atoms with Gasteiger partial charge in [0.25, 0.3) is 0 Å². The van der Waals surface area contributed by atoms with E-state index in [1.165, 1.54) is 6.92 Å². The van der Waals surface area contributed by atoms with E-state index in [0.29, 0.717) is 0 Å². The Morgan fingerprint density at radius 3 is 1.77 bits per heavy atom. The van der Waals surface area contributed by atoms with Crippen LogP contribution in [0.5, 0.6) is 0 Å². The lowest BCUT2D eigenvalue weighted by Gasteiger charge is -2.28. The molecule has 0 fully saturated rings. The molecule has 0 aromatic heterocycles. The van der Waals surface area contributed by atoms with Crippen molar-refractivity contribution in [1.82, 2.24) is 0 Å². The third-order valence-corrected chi connectivity index (χ3v) is 2.43. The first kappa shape index (κ1) is 19.6. The normalized spacial score (nSPS) is 14.2. The van der Waals surface area contributed by atoms with Crippen LogP contribution >= 0.6 is 0 Å². The van der Waals surface area contributed by atoms with E-state index in [9.17, 15) is 24.0 Å². The molecule has 0 saturated carbocycles. The van der Waals surface area contributed by atoms with Gasteiger partial charge in [-0.15, -0.1) is 0 Å². The molecule has 9 heteroatoms. The topological polar surface area (TPSA) is 133 Å². The molecule has 0 bridgehead atoms. The van der Waals surface area contributed by atoms with E-state index in [4.69, 9.17) is 14.6 Å². The second-order valence-electron chi connectivity index (χ2n) is 4.59. The van der Waals surface area contributed by atoms with Crippen LogP contribution in [-0.2, 0) is 38.2 Å². The number of hydrogen-bond donors (Lipinski definition) is 1. The molecule has 9 nitrogen and oxygen atoms in total. The van der Waals surface area contributed by atoms with Crippen LogP contribution in [0.4, 0.5) is 0 Å². The van der Waals surface area contributed by atoms with Crippen LogP contribution in [0.2, 0.25) is 0 Å². The number of hydrogen-bond acceptors (Lipinski definition) is 8. The molecular weight excluding hydrogens is 300 g/mol. The van der Waals surface area contributed by atoms with E-state index < -0.39 is 54.4 Å². The number of ether oxygens (including phenoxy) is 3. The predicted molar refractivity (Wildman–Crippen MR) is 69.3 cm³/mol. The van der Waals surface area contributed by atoms with Gasteiger partial charge in [0, 0.05) is 26.7 Å². The maximum atomic E-state index is 11.8. The van der Waals surface area contributed by atoms with Crippen molar-refractivity contribution >= 4 is 29.8 Å². The Bertz CT molecular complexity index is 468. The van der Waals surface area contributed by atoms with E-state index >= 15 is 0 Å². The summed E-state index contributed by atoms with van der Waals surface area (Å²) in [5.74, 6) is -5.96. The molecule has 0 radical (unpaired) electrons. The summed E-state index contributed by atoms with van der Waals surface area (Å²) in [5, 5.41) is 8.80. The summed E-state index contributed by atoms with van der Waals surface area (Å²) in [7, 11) is 0. The average Bonchev–Trinajstić information content (AvgIpc) is 2.30. The molecule has 0 aliphatic carbocycles. The first-order chi connectivity index (χ1) is 10.0. The first-order valence-electron chi connectivity index (χ1n) is 6.33. The number of carbonyl (C=O) groups is 5. The minimum Gasteiger partial charge on any atom is -0.481 e. The van der Waals surface area contributed by atoms with Crippen LogP contribution in [0.15, 0.2) is 0 Å². The lowest BCUT2D eigenvalue weighted by Crippen LogP contribution is -2.46. The molecule has 0 aromatic carbocycles. The van der Waals surface area contributed by atoms with Crippen molar-refractivity contribution in [2.45, 2.75) is 46.3 Å². The Morgan fingerprint density at radius 2 is 1.41 bits per heavy atom. The van der Waals surface area contributed by atoms with Gasteiger partial charge in [-0.1, -0.05) is 6.92 Å². The van der Waals surface area contributed by atoms with Crippen LogP contribution in [0.1, 0.15) is 34.1 Å². The van der Waals surface area contributed by atoms with E-state index in [2.05, 4.69) is 4.74 Å². The van der Waals surface area contributed by atoms with Crippen LogP contribution < -0.4 is 0 Å². The highest BCUT2D eigenvalue weighted by Crippen LogP contribution is 2.20. The molecule has 3 unspecified atom stereocenters. The fourth-order valence-electron chi connectivity index (χ4n) is 1.69. The largest absolute Gasteiger partial charge is 0.481 e. The average molecular weight is 318 g/mol. The smallest absolute Gasteiger partial charge is 0.359 e. The number of rotatable bonds is 7.